The average Bonchev–Trinajstić information content (AvgIpc) is 2.88. The maximum Gasteiger partial charge on any atom is 0.181 e. The summed E-state index contributed by atoms with van der Waals surface area (Å²) >= 11 is 6.11. The van der Waals surface area contributed by atoms with E-state index < -0.39 is 5.60 Å². The summed E-state index contributed by atoms with van der Waals surface area (Å²) < 4.78 is 8.18. The van der Waals surface area contributed by atoms with Crippen molar-refractivity contribution in [2.75, 3.05) is 5.73 Å². The lowest BCUT2D eigenvalue weighted by molar-refractivity contribution is -0.0212. The van der Waals surface area contributed by atoms with E-state index in [1.807, 2.05) is 47.0 Å². The Kier molecular flexibility index (Phi) is 2.97. The van der Waals surface area contributed by atoms with Crippen molar-refractivity contribution in [2.45, 2.75) is 24.9 Å². The third-order valence-electron chi connectivity index (χ3n) is 4.13. The van der Waals surface area contributed by atoms with Crippen LogP contribution in [-0.2, 0) is 5.60 Å². The molecule has 6 heteroatoms. The lowest BCUT2D eigenvalue weighted by atomic mass is 9.79. The highest BCUT2D eigenvalue weighted by molar-refractivity contribution is 6.30. The maximum absolute atomic E-state index is 6.26. The smallest absolute Gasteiger partial charge is 0.181 e. The maximum atomic E-state index is 6.26. The number of rotatable bonds is 3. The highest BCUT2D eigenvalue weighted by atomic mass is 35.5. The molecule has 0 saturated heterocycles. The van der Waals surface area contributed by atoms with Crippen LogP contribution in [0.2, 0.25) is 5.02 Å². The number of benzene rings is 1. The molecule has 1 aliphatic rings. The van der Waals surface area contributed by atoms with Crippen LogP contribution in [0.3, 0.4) is 0 Å². The fourth-order valence-electron chi connectivity index (χ4n) is 2.81. The van der Waals surface area contributed by atoms with Crippen LogP contribution in [0.4, 0.5) is 5.69 Å². The number of nitrogens with zero attached hydrogens (tertiary/aromatic N) is 3. The molecule has 0 unspecified atom stereocenters. The zero-order valence-corrected chi connectivity index (χ0v) is 12.6. The topological polar surface area (TPSA) is 65.4 Å². The Morgan fingerprint density at radius 3 is 2.55 bits per heavy atom. The van der Waals surface area contributed by atoms with Crippen LogP contribution in [0.1, 0.15) is 25.1 Å². The van der Waals surface area contributed by atoms with Crippen molar-refractivity contribution in [3.63, 3.8) is 0 Å². The Balaban J connectivity index is 1.76. The summed E-state index contributed by atoms with van der Waals surface area (Å²) in [7, 11) is 0. The molecule has 5 nitrogen and oxygen atoms in total. The van der Waals surface area contributed by atoms with Gasteiger partial charge in [0.1, 0.15) is 5.75 Å². The van der Waals surface area contributed by atoms with Gasteiger partial charge in [-0.15, -0.1) is 10.2 Å². The standard InChI is InChI=1S/C16H15ClN4O/c17-11-2-7-14-19-20-15(21(14)10-11)16(8-1-9-16)22-13-5-3-12(18)4-6-13/h2-7,10H,1,8-9,18H2. The number of hydrogen-bond donors (Lipinski definition) is 1. The van der Waals surface area contributed by atoms with Crippen LogP contribution >= 0.6 is 11.6 Å². The predicted octanol–water partition coefficient (Wildman–Crippen LogP) is 3.42. The first-order valence-electron chi connectivity index (χ1n) is 7.22. The van der Waals surface area contributed by atoms with Crippen molar-refractivity contribution in [1.29, 1.82) is 0 Å². The minimum absolute atomic E-state index is 0.444. The number of hydrogen-bond acceptors (Lipinski definition) is 4. The van der Waals surface area contributed by atoms with E-state index in [4.69, 9.17) is 22.1 Å². The van der Waals surface area contributed by atoms with Gasteiger partial charge in [0.05, 0.1) is 5.02 Å². The van der Waals surface area contributed by atoms with Crippen LogP contribution < -0.4 is 10.5 Å². The molecule has 0 bridgehead atoms. The SMILES string of the molecule is Nc1ccc(OC2(c3nnc4ccc(Cl)cn34)CCC2)cc1. The van der Waals surface area contributed by atoms with E-state index in [0.29, 0.717) is 5.02 Å². The van der Waals surface area contributed by atoms with Gasteiger partial charge in [0, 0.05) is 11.9 Å². The van der Waals surface area contributed by atoms with Gasteiger partial charge in [-0.2, -0.15) is 0 Å². The molecule has 22 heavy (non-hydrogen) atoms. The minimum atomic E-state index is -0.444. The molecule has 2 heterocycles. The normalized spacial score (nSPS) is 16.4. The first-order valence-corrected chi connectivity index (χ1v) is 7.59. The second kappa shape index (κ2) is 4.88. The third-order valence-corrected chi connectivity index (χ3v) is 4.35. The first-order chi connectivity index (χ1) is 10.7. The number of nitrogens with two attached hydrogens (primary N) is 1. The minimum Gasteiger partial charge on any atom is -0.479 e. The Hall–Kier alpha value is -2.27. The average molecular weight is 315 g/mol. The van der Waals surface area contributed by atoms with Crippen LogP contribution in [0.15, 0.2) is 42.6 Å². The number of pyridine rings is 1. The molecule has 1 saturated carbocycles. The van der Waals surface area contributed by atoms with Crippen molar-refractivity contribution >= 4 is 22.9 Å². The monoisotopic (exact) mass is 314 g/mol. The van der Waals surface area contributed by atoms with Crippen LogP contribution in [0.5, 0.6) is 5.75 Å². The Morgan fingerprint density at radius 2 is 1.86 bits per heavy atom. The van der Waals surface area contributed by atoms with E-state index in [0.717, 1.165) is 42.2 Å². The van der Waals surface area contributed by atoms with Crippen molar-refractivity contribution in [3.8, 4) is 5.75 Å². The van der Waals surface area contributed by atoms with E-state index >= 15 is 0 Å². The quantitative estimate of drug-likeness (QED) is 0.752. The lowest BCUT2D eigenvalue weighted by Gasteiger charge is -2.40. The summed E-state index contributed by atoms with van der Waals surface area (Å²) in [5.41, 5.74) is 6.77. The fourth-order valence-corrected chi connectivity index (χ4v) is 2.97. The molecule has 0 radical (unpaired) electrons. The number of aromatic nitrogens is 3. The van der Waals surface area contributed by atoms with Gasteiger partial charge in [-0.25, -0.2) is 0 Å². The highest BCUT2D eigenvalue weighted by Gasteiger charge is 2.45. The summed E-state index contributed by atoms with van der Waals surface area (Å²) in [4.78, 5) is 0. The van der Waals surface area contributed by atoms with Crippen molar-refractivity contribution < 1.29 is 4.74 Å². The highest BCUT2D eigenvalue weighted by Crippen LogP contribution is 2.44. The molecule has 1 fully saturated rings. The Morgan fingerprint density at radius 1 is 1.09 bits per heavy atom. The fraction of sp³-hybridized carbons (Fsp3) is 0.250. The number of nitrogen functional groups attached to an aromatic ring is 1. The third kappa shape index (κ3) is 2.09. The number of ether oxygens (including phenoxy) is 1. The molecule has 0 atom stereocenters. The summed E-state index contributed by atoms with van der Waals surface area (Å²) in [6.07, 6.45) is 4.75. The van der Waals surface area contributed by atoms with Crippen molar-refractivity contribution in [3.05, 3.63) is 53.4 Å². The van der Waals surface area contributed by atoms with Crippen LogP contribution in [0, 0.1) is 0 Å². The summed E-state index contributed by atoms with van der Waals surface area (Å²) in [6, 6.07) is 11.1. The summed E-state index contributed by atoms with van der Waals surface area (Å²) in [5.74, 6) is 1.58. The van der Waals surface area contributed by atoms with Crippen LogP contribution in [-0.4, -0.2) is 14.6 Å². The van der Waals surface area contributed by atoms with E-state index in [9.17, 15) is 0 Å². The van der Waals surface area contributed by atoms with Crippen LogP contribution in [0.25, 0.3) is 5.65 Å². The Bertz CT molecular complexity index is 824. The van der Waals surface area contributed by atoms with Gasteiger partial charge in [0.2, 0.25) is 0 Å². The van der Waals surface area contributed by atoms with E-state index in [1.165, 1.54) is 0 Å². The zero-order chi connectivity index (χ0) is 15.2. The molecule has 0 spiro atoms. The second-order valence-electron chi connectivity index (χ2n) is 5.62. The van der Waals surface area contributed by atoms with Crippen molar-refractivity contribution in [1.82, 2.24) is 14.6 Å². The molecule has 3 aromatic rings. The largest absolute Gasteiger partial charge is 0.479 e. The van der Waals surface area contributed by atoms with Gasteiger partial charge < -0.3 is 10.5 Å². The molecular weight excluding hydrogens is 300 g/mol. The van der Waals surface area contributed by atoms with Gasteiger partial charge in [-0.05, 0) is 55.7 Å². The van der Waals surface area contributed by atoms with Crippen molar-refractivity contribution in [2.24, 2.45) is 0 Å². The molecule has 0 amide bonds. The van der Waals surface area contributed by atoms with E-state index in [1.54, 1.807) is 0 Å². The number of fused-ring (bicyclic) bond motifs is 1. The number of halogens is 1. The van der Waals surface area contributed by atoms with Gasteiger partial charge in [-0.1, -0.05) is 11.6 Å². The van der Waals surface area contributed by atoms with Gasteiger partial charge in [-0.3, -0.25) is 4.40 Å². The molecule has 0 aliphatic heterocycles. The van der Waals surface area contributed by atoms with E-state index in [-0.39, 0.29) is 0 Å². The lowest BCUT2D eigenvalue weighted by Crippen LogP contribution is -2.42. The van der Waals surface area contributed by atoms with Gasteiger partial charge in [0.15, 0.2) is 17.1 Å². The molecule has 2 N–H and O–H groups in total. The second-order valence-corrected chi connectivity index (χ2v) is 6.05. The molecule has 1 aliphatic carbocycles. The first kappa shape index (κ1) is 13.4. The predicted molar refractivity (Wildman–Crippen MR) is 85.0 cm³/mol. The zero-order valence-electron chi connectivity index (χ0n) is 11.9. The summed E-state index contributed by atoms with van der Waals surface area (Å²) in [5, 5.41) is 9.22. The molecule has 1 aromatic carbocycles. The Labute approximate surface area is 132 Å². The molecule has 4 rings (SSSR count). The van der Waals surface area contributed by atoms with Gasteiger partial charge in [0.25, 0.3) is 0 Å². The van der Waals surface area contributed by atoms with Gasteiger partial charge >= 0.3 is 0 Å². The molecular formula is C16H15ClN4O. The molecule has 112 valence electrons. The number of anilines is 1. The molecule has 2 aromatic heterocycles. The van der Waals surface area contributed by atoms with E-state index in [2.05, 4.69) is 10.2 Å². The summed E-state index contributed by atoms with van der Waals surface area (Å²) in [6.45, 7) is 0.